The number of amides is 3. The van der Waals surface area contributed by atoms with Crippen molar-refractivity contribution in [3.63, 3.8) is 0 Å². The third kappa shape index (κ3) is 6.27. The molecule has 0 saturated carbocycles. The molecule has 2 N–H and O–H groups in total. The Labute approximate surface area is 240 Å². The molecule has 1 unspecified atom stereocenters. The Balaban J connectivity index is 1.18. The van der Waals surface area contributed by atoms with E-state index in [1.807, 2.05) is 24.3 Å². The van der Waals surface area contributed by atoms with Gasteiger partial charge in [0.1, 0.15) is 0 Å². The number of unbranched alkanes of at least 4 members (excludes halogenated alkanes) is 1. The molecule has 214 valence electrons. The molecule has 1 saturated heterocycles. The van der Waals surface area contributed by atoms with Gasteiger partial charge in [0.15, 0.2) is 0 Å². The highest BCUT2D eigenvalue weighted by molar-refractivity contribution is 7.92. The van der Waals surface area contributed by atoms with E-state index in [0.29, 0.717) is 42.3 Å². The minimum Gasteiger partial charge on any atom is -0.342 e. The van der Waals surface area contributed by atoms with Gasteiger partial charge in [-0.3, -0.25) is 18.7 Å². The highest BCUT2D eigenvalue weighted by Gasteiger charge is 2.34. The number of aryl methyl sites for hydroxylation is 1. The normalized spacial score (nSPS) is 16.8. The van der Waals surface area contributed by atoms with Crippen LogP contribution in [0.2, 0.25) is 0 Å². The van der Waals surface area contributed by atoms with Crippen molar-refractivity contribution in [1.29, 1.82) is 0 Å². The van der Waals surface area contributed by atoms with Gasteiger partial charge in [-0.2, -0.15) is 0 Å². The van der Waals surface area contributed by atoms with Crippen LogP contribution < -0.4 is 14.9 Å². The zero-order valence-corrected chi connectivity index (χ0v) is 23.8. The van der Waals surface area contributed by atoms with E-state index in [4.69, 9.17) is 0 Å². The largest absolute Gasteiger partial charge is 0.342 e. The minimum absolute atomic E-state index is 0.00748. The molecule has 0 bridgehead atoms. The summed E-state index contributed by atoms with van der Waals surface area (Å²) in [5.74, 6) is -0.958. The maximum absolute atomic E-state index is 13.4. The van der Waals surface area contributed by atoms with Crippen LogP contribution in [0.3, 0.4) is 0 Å². The smallest absolute Gasteiger partial charge is 0.264 e. The summed E-state index contributed by atoms with van der Waals surface area (Å²) in [6.45, 7) is 3.59. The summed E-state index contributed by atoms with van der Waals surface area (Å²) in [6.07, 6.45) is 3.72. The third-order valence-electron chi connectivity index (χ3n) is 7.55. The number of rotatable bonds is 9. The van der Waals surface area contributed by atoms with Crippen LogP contribution in [0.1, 0.15) is 48.5 Å². The number of likely N-dealkylation sites (tertiary alicyclic amines) is 1. The summed E-state index contributed by atoms with van der Waals surface area (Å²) in [7, 11) is -3.74. The number of benzene rings is 3. The fourth-order valence-electron chi connectivity index (χ4n) is 5.25. The summed E-state index contributed by atoms with van der Waals surface area (Å²) >= 11 is 0. The van der Waals surface area contributed by atoms with Crippen molar-refractivity contribution in [3.05, 3.63) is 83.9 Å². The van der Waals surface area contributed by atoms with Crippen molar-refractivity contribution >= 4 is 44.8 Å². The molecule has 0 aliphatic carbocycles. The Kier molecular flexibility index (Phi) is 8.39. The quantitative estimate of drug-likeness (QED) is 0.386. The molecule has 2 aliphatic rings. The topological polar surface area (TPSA) is 116 Å². The first kappa shape index (κ1) is 28.4. The summed E-state index contributed by atoms with van der Waals surface area (Å²) < 4.78 is 28.2. The van der Waals surface area contributed by atoms with Crippen LogP contribution in [0.25, 0.3) is 0 Å². The number of nitrogens with one attached hydrogen (secondary N) is 2. The molecule has 3 aromatic rings. The van der Waals surface area contributed by atoms with Crippen molar-refractivity contribution in [2.75, 3.05) is 34.6 Å². The molecular formula is C31H34N4O5S. The molecule has 3 amide bonds. The molecule has 2 aliphatic heterocycles. The van der Waals surface area contributed by atoms with Gasteiger partial charge in [-0.25, -0.2) is 8.42 Å². The molecule has 9 nitrogen and oxygen atoms in total. The van der Waals surface area contributed by atoms with Crippen molar-refractivity contribution < 1.29 is 22.8 Å². The summed E-state index contributed by atoms with van der Waals surface area (Å²) in [5.41, 5.74) is 3.11. The van der Waals surface area contributed by atoms with Gasteiger partial charge in [-0.05, 0) is 79.4 Å². The number of sulfonamides is 1. The fourth-order valence-corrected chi connectivity index (χ4v) is 6.79. The van der Waals surface area contributed by atoms with Gasteiger partial charge in [0.25, 0.3) is 15.9 Å². The van der Waals surface area contributed by atoms with Crippen molar-refractivity contribution in [1.82, 2.24) is 4.90 Å². The van der Waals surface area contributed by atoms with Crippen molar-refractivity contribution in [2.45, 2.75) is 43.9 Å². The van der Waals surface area contributed by atoms with E-state index >= 15 is 0 Å². The van der Waals surface area contributed by atoms with E-state index in [2.05, 4.69) is 17.6 Å². The first-order valence-corrected chi connectivity index (χ1v) is 15.4. The molecule has 2 heterocycles. The number of nitrogens with zero attached hydrogens (tertiary/aromatic N) is 2. The number of carbonyl (C=O) groups excluding carboxylic acids is 3. The minimum atomic E-state index is -3.74. The number of carbonyl (C=O) groups is 3. The first-order chi connectivity index (χ1) is 19.8. The predicted molar refractivity (Wildman–Crippen MR) is 158 cm³/mol. The second-order valence-electron chi connectivity index (χ2n) is 10.4. The summed E-state index contributed by atoms with van der Waals surface area (Å²) in [6, 6.07) is 20.2. The lowest BCUT2D eigenvalue weighted by Gasteiger charge is -2.30. The van der Waals surface area contributed by atoms with Crippen LogP contribution in [0.5, 0.6) is 0 Å². The SMILES string of the molecule is CCCCN1CC(C(=O)Nc2ccc(C(=O)Nc3ccc(S(=O)(=O)N4CCCc5ccccc54)cc3)cc2)CC1=O. The highest BCUT2D eigenvalue weighted by atomic mass is 32.2. The van der Waals surface area contributed by atoms with Gasteiger partial charge in [0.2, 0.25) is 11.8 Å². The lowest BCUT2D eigenvalue weighted by Crippen LogP contribution is -2.35. The third-order valence-corrected chi connectivity index (χ3v) is 9.38. The van der Waals surface area contributed by atoms with Gasteiger partial charge in [0.05, 0.1) is 16.5 Å². The van der Waals surface area contributed by atoms with E-state index in [1.54, 1.807) is 41.3 Å². The predicted octanol–water partition coefficient (Wildman–Crippen LogP) is 4.67. The molecule has 0 radical (unpaired) electrons. The fraction of sp³-hybridized carbons (Fsp3) is 0.323. The number of para-hydroxylation sites is 1. The molecule has 5 rings (SSSR count). The molecule has 10 heteroatoms. The summed E-state index contributed by atoms with van der Waals surface area (Å²) in [4.78, 5) is 39.6. The molecule has 0 spiro atoms. The number of hydrogen-bond donors (Lipinski definition) is 2. The number of hydrogen-bond acceptors (Lipinski definition) is 5. The molecule has 0 aromatic heterocycles. The molecule has 3 aromatic carbocycles. The Morgan fingerprint density at radius 1 is 0.927 bits per heavy atom. The Morgan fingerprint density at radius 3 is 2.34 bits per heavy atom. The Bertz CT molecular complexity index is 1540. The van der Waals surface area contributed by atoms with E-state index in [1.165, 1.54) is 16.4 Å². The molecule has 1 atom stereocenters. The van der Waals surface area contributed by atoms with Gasteiger partial charge in [-0.15, -0.1) is 0 Å². The summed E-state index contributed by atoms with van der Waals surface area (Å²) in [5, 5.41) is 5.63. The van der Waals surface area contributed by atoms with E-state index in [-0.39, 0.29) is 29.0 Å². The Hall–Kier alpha value is -4.18. The average Bonchev–Trinajstić information content (AvgIpc) is 3.36. The van der Waals surface area contributed by atoms with Gasteiger partial charge in [0, 0.05) is 43.0 Å². The molecular weight excluding hydrogens is 540 g/mol. The van der Waals surface area contributed by atoms with Gasteiger partial charge >= 0.3 is 0 Å². The average molecular weight is 575 g/mol. The second kappa shape index (κ2) is 12.1. The Morgan fingerprint density at radius 2 is 1.61 bits per heavy atom. The standard InChI is InChI=1S/C31H34N4O5S/c1-2-3-18-34-21-24(20-29(34)36)31(38)33-25-12-10-23(11-13-25)30(37)32-26-14-16-27(17-15-26)41(39,40)35-19-6-8-22-7-4-5-9-28(22)35/h4-5,7,9-17,24H,2-3,6,8,18-21H2,1H3,(H,32,37)(H,33,38). The van der Waals surface area contributed by atoms with E-state index < -0.39 is 15.9 Å². The van der Waals surface area contributed by atoms with E-state index in [9.17, 15) is 22.8 Å². The highest BCUT2D eigenvalue weighted by Crippen LogP contribution is 2.32. The van der Waals surface area contributed by atoms with Crippen LogP contribution in [-0.2, 0) is 26.0 Å². The van der Waals surface area contributed by atoms with Crippen molar-refractivity contribution in [3.8, 4) is 0 Å². The van der Waals surface area contributed by atoms with Crippen LogP contribution in [0.15, 0.2) is 77.7 Å². The zero-order valence-electron chi connectivity index (χ0n) is 23.0. The zero-order chi connectivity index (χ0) is 29.0. The number of fused-ring (bicyclic) bond motifs is 1. The lowest BCUT2D eigenvalue weighted by atomic mass is 10.0. The lowest BCUT2D eigenvalue weighted by molar-refractivity contribution is -0.128. The first-order valence-electron chi connectivity index (χ1n) is 14.0. The maximum Gasteiger partial charge on any atom is 0.264 e. The van der Waals surface area contributed by atoms with Crippen LogP contribution in [-0.4, -0.2) is 50.7 Å². The van der Waals surface area contributed by atoms with Gasteiger partial charge in [-0.1, -0.05) is 31.5 Å². The van der Waals surface area contributed by atoms with Crippen LogP contribution >= 0.6 is 0 Å². The van der Waals surface area contributed by atoms with Gasteiger partial charge < -0.3 is 15.5 Å². The maximum atomic E-state index is 13.4. The van der Waals surface area contributed by atoms with Crippen molar-refractivity contribution in [2.24, 2.45) is 5.92 Å². The molecule has 1 fully saturated rings. The molecule has 41 heavy (non-hydrogen) atoms. The second-order valence-corrected chi connectivity index (χ2v) is 12.3. The van der Waals surface area contributed by atoms with Crippen LogP contribution in [0.4, 0.5) is 17.1 Å². The monoisotopic (exact) mass is 574 g/mol. The van der Waals surface area contributed by atoms with Crippen LogP contribution in [0, 0.1) is 5.92 Å². The van der Waals surface area contributed by atoms with E-state index in [0.717, 1.165) is 31.2 Å². The number of anilines is 3.